The fraction of sp³-hybridized carbons (Fsp3) is 0.481. The molecule has 15 heteroatoms. The highest BCUT2D eigenvalue weighted by atomic mass is 32.2. The molecule has 0 fully saturated rings. The Bertz CT molecular complexity index is 1540. The minimum Gasteiger partial charge on any atom is -0.488 e. The molecule has 3 heterocycles. The topological polar surface area (TPSA) is 180 Å². The van der Waals surface area contributed by atoms with Crippen LogP contribution in [0.3, 0.4) is 0 Å². The SMILES string of the molecule is Cc1noc(C)c1NC(=O)Nc1ccc2c(c1)C(=O)N([C@@H](C)CO)C[C@H](C)[C@H](CN(C)S(=O)(=O)c1c(C)noc1C)O2. The van der Waals surface area contributed by atoms with Crippen molar-refractivity contribution in [1.29, 1.82) is 0 Å². The maximum atomic E-state index is 13.7. The number of urea groups is 1. The van der Waals surface area contributed by atoms with E-state index >= 15 is 0 Å². The number of hydrogen-bond acceptors (Lipinski definition) is 10. The summed E-state index contributed by atoms with van der Waals surface area (Å²) in [6, 6.07) is 3.51. The molecular formula is C27H36N6O8S. The van der Waals surface area contributed by atoms with Crippen LogP contribution in [0.2, 0.25) is 0 Å². The summed E-state index contributed by atoms with van der Waals surface area (Å²) in [4.78, 5) is 27.9. The van der Waals surface area contributed by atoms with E-state index in [-0.39, 0.29) is 53.3 Å². The Morgan fingerprint density at radius 3 is 2.40 bits per heavy atom. The molecule has 4 rings (SSSR count). The molecule has 228 valence electrons. The van der Waals surface area contributed by atoms with Gasteiger partial charge in [-0.25, -0.2) is 13.2 Å². The normalized spacial score (nSPS) is 18.2. The molecule has 14 nitrogen and oxygen atoms in total. The van der Waals surface area contributed by atoms with E-state index in [0.29, 0.717) is 22.8 Å². The standard InChI is InChI=1S/C27H36N6O8S/c1-14-11-33(15(2)13-34)26(35)21-10-20(28-27(36)29-24-16(3)30-40-18(24)5)8-9-22(21)39-23(14)12-32(7)42(37,38)25-17(4)31-41-19(25)6/h8-10,14-15,23,34H,11-13H2,1-7H3,(H2,28,29,36)/t14-,15-,23-/m0/s1. The van der Waals surface area contributed by atoms with Crippen molar-refractivity contribution in [3.8, 4) is 5.75 Å². The van der Waals surface area contributed by atoms with Gasteiger partial charge in [-0.1, -0.05) is 17.2 Å². The maximum absolute atomic E-state index is 13.7. The zero-order valence-electron chi connectivity index (χ0n) is 24.6. The number of carbonyl (C=O) groups excluding carboxylic acids is 2. The molecular weight excluding hydrogens is 568 g/mol. The van der Waals surface area contributed by atoms with Crippen LogP contribution in [-0.4, -0.2) is 83.9 Å². The van der Waals surface area contributed by atoms with Crippen LogP contribution in [-0.2, 0) is 10.0 Å². The number of aliphatic hydroxyl groups is 1. The van der Waals surface area contributed by atoms with Crippen LogP contribution in [0.4, 0.5) is 16.2 Å². The van der Waals surface area contributed by atoms with Crippen molar-refractivity contribution in [2.45, 2.75) is 58.6 Å². The minimum absolute atomic E-state index is 0.000172. The number of likely N-dealkylation sites (N-methyl/N-ethyl adjacent to an activating group) is 1. The average Bonchev–Trinajstić information content (AvgIpc) is 3.45. The maximum Gasteiger partial charge on any atom is 0.323 e. The third kappa shape index (κ3) is 6.12. The van der Waals surface area contributed by atoms with Gasteiger partial charge in [0.25, 0.3) is 5.91 Å². The lowest BCUT2D eigenvalue weighted by Gasteiger charge is -2.38. The fourth-order valence-electron chi connectivity index (χ4n) is 4.81. The summed E-state index contributed by atoms with van der Waals surface area (Å²) in [5.74, 6) is 0.120. The second-order valence-corrected chi connectivity index (χ2v) is 12.5. The Morgan fingerprint density at radius 2 is 1.81 bits per heavy atom. The van der Waals surface area contributed by atoms with Crippen molar-refractivity contribution in [2.24, 2.45) is 5.92 Å². The van der Waals surface area contributed by atoms with Gasteiger partial charge in [-0.15, -0.1) is 0 Å². The van der Waals surface area contributed by atoms with Crippen LogP contribution in [0.5, 0.6) is 5.75 Å². The summed E-state index contributed by atoms with van der Waals surface area (Å²) in [6.07, 6.45) is -0.674. The van der Waals surface area contributed by atoms with E-state index in [0.717, 1.165) is 0 Å². The van der Waals surface area contributed by atoms with Crippen molar-refractivity contribution in [3.63, 3.8) is 0 Å². The van der Waals surface area contributed by atoms with Crippen LogP contribution < -0.4 is 15.4 Å². The molecule has 0 aliphatic carbocycles. The highest BCUT2D eigenvalue weighted by Crippen LogP contribution is 2.32. The fourth-order valence-corrected chi connectivity index (χ4v) is 6.27. The number of ether oxygens (including phenoxy) is 1. The molecule has 3 atom stereocenters. The Labute approximate surface area is 244 Å². The number of rotatable bonds is 8. The van der Waals surface area contributed by atoms with Crippen molar-refractivity contribution in [2.75, 3.05) is 37.4 Å². The van der Waals surface area contributed by atoms with E-state index in [2.05, 4.69) is 20.9 Å². The van der Waals surface area contributed by atoms with Gasteiger partial charge in [-0.2, -0.15) is 4.31 Å². The molecule has 1 aliphatic heterocycles. The molecule has 42 heavy (non-hydrogen) atoms. The monoisotopic (exact) mass is 604 g/mol. The molecule has 0 unspecified atom stereocenters. The van der Waals surface area contributed by atoms with Gasteiger partial charge in [0.15, 0.2) is 11.5 Å². The number of aryl methyl sites for hydroxylation is 4. The van der Waals surface area contributed by atoms with Crippen molar-refractivity contribution < 1.29 is 36.9 Å². The first-order valence-corrected chi connectivity index (χ1v) is 14.8. The molecule has 0 radical (unpaired) electrons. The number of nitrogens with zero attached hydrogens (tertiary/aromatic N) is 4. The number of fused-ring (bicyclic) bond motifs is 1. The van der Waals surface area contributed by atoms with E-state index in [1.165, 1.54) is 29.2 Å². The van der Waals surface area contributed by atoms with Crippen LogP contribution in [0.15, 0.2) is 32.1 Å². The predicted molar refractivity (Wildman–Crippen MR) is 152 cm³/mol. The molecule has 0 bridgehead atoms. The van der Waals surface area contributed by atoms with Crippen molar-refractivity contribution in [1.82, 2.24) is 19.5 Å². The number of aliphatic hydroxyl groups excluding tert-OH is 1. The number of carbonyl (C=O) groups is 2. The number of anilines is 2. The number of benzene rings is 1. The number of amides is 3. The van der Waals surface area contributed by atoms with Crippen molar-refractivity contribution in [3.05, 3.63) is 46.7 Å². The van der Waals surface area contributed by atoms with Gasteiger partial charge in [-0.05, 0) is 52.8 Å². The molecule has 0 saturated carbocycles. The van der Waals surface area contributed by atoms with E-state index in [1.54, 1.807) is 39.8 Å². The van der Waals surface area contributed by atoms with Gasteiger partial charge in [0.2, 0.25) is 10.0 Å². The lowest BCUT2D eigenvalue weighted by Crippen LogP contribution is -2.50. The Hall–Kier alpha value is -3.95. The first-order valence-electron chi connectivity index (χ1n) is 13.4. The average molecular weight is 605 g/mol. The van der Waals surface area contributed by atoms with Gasteiger partial charge < -0.3 is 34.4 Å². The smallest absolute Gasteiger partial charge is 0.323 e. The van der Waals surface area contributed by atoms with Crippen LogP contribution in [0.1, 0.15) is 47.1 Å². The first-order chi connectivity index (χ1) is 19.7. The third-order valence-corrected chi connectivity index (χ3v) is 9.34. The van der Waals surface area contributed by atoms with Crippen LogP contribution >= 0.6 is 0 Å². The Balaban J connectivity index is 1.64. The zero-order chi connectivity index (χ0) is 30.9. The molecule has 3 N–H and O–H groups in total. The largest absolute Gasteiger partial charge is 0.488 e. The van der Waals surface area contributed by atoms with E-state index in [4.69, 9.17) is 13.8 Å². The highest BCUT2D eigenvalue weighted by molar-refractivity contribution is 7.89. The van der Waals surface area contributed by atoms with Gasteiger partial charge in [0.1, 0.15) is 33.8 Å². The summed E-state index contributed by atoms with van der Waals surface area (Å²) >= 11 is 0. The minimum atomic E-state index is -3.96. The summed E-state index contributed by atoms with van der Waals surface area (Å²) in [5, 5.41) is 22.9. The summed E-state index contributed by atoms with van der Waals surface area (Å²) in [5.41, 5.74) is 1.67. The van der Waals surface area contributed by atoms with E-state index in [9.17, 15) is 23.1 Å². The van der Waals surface area contributed by atoms with Crippen LogP contribution in [0, 0.1) is 33.6 Å². The second-order valence-electron chi connectivity index (χ2n) is 10.6. The number of aromatic nitrogens is 2. The molecule has 3 aromatic rings. The molecule has 1 aliphatic rings. The summed E-state index contributed by atoms with van der Waals surface area (Å²) in [7, 11) is -2.52. The molecule has 3 amide bonds. The Morgan fingerprint density at radius 1 is 1.14 bits per heavy atom. The van der Waals surface area contributed by atoms with Gasteiger partial charge in [0, 0.05) is 25.2 Å². The number of nitrogens with one attached hydrogen (secondary N) is 2. The van der Waals surface area contributed by atoms with Gasteiger partial charge in [0.05, 0.1) is 24.8 Å². The van der Waals surface area contributed by atoms with Gasteiger partial charge in [-0.3, -0.25) is 4.79 Å². The zero-order valence-corrected chi connectivity index (χ0v) is 25.4. The number of sulfonamides is 1. The summed E-state index contributed by atoms with van der Waals surface area (Å²) in [6.45, 7) is 9.89. The number of hydrogen-bond donors (Lipinski definition) is 3. The van der Waals surface area contributed by atoms with Crippen LogP contribution in [0.25, 0.3) is 0 Å². The van der Waals surface area contributed by atoms with Gasteiger partial charge >= 0.3 is 6.03 Å². The van der Waals surface area contributed by atoms with Crippen molar-refractivity contribution >= 4 is 33.3 Å². The highest BCUT2D eigenvalue weighted by Gasteiger charge is 2.36. The molecule has 1 aromatic carbocycles. The quantitative estimate of drug-likeness (QED) is 0.346. The molecule has 0 saturated heterocycles. The molecule has 0 spiro atoms. The van der Waals surface area contributed by atoms with E-state index < -0.39 is 34.1 Å². The Kier molecular flexibility index (Phi) is 8.94. The predicted octanol–water partition coefficient (Wildman–Crippen LogP) is 3.08. The third-order valence-electron chi connectivity index (χ3n) is 7.27. The first kappa shape index (κ1) is 31.0. The lowest BCUT2D eigenvalue weighted by molar-refractivity contribution is 0.0387. The van der Waals surface area contributed by atoms with E-state index in [1.807, 2.05) is 6.92 Å². The molecule has 2 aromatic heterocycles. The second kappa shape index (κ2) is 12.1. The lowest BCUT2D eigenvalue weighted by atomic mass is 9.99. The summed E-state index contributed by atoms with van der Waals surface area (Å²) < 4.78 is 44.4.